The van der Waals surface area contributed by atoms with Crippen LogP contribution >= 0.6 is 0 Å². The van der Waals surface area contributed by atoms with Gasteiger partial charge < -0.3 is 5.32 Å². The van der Waals surface area contributed by atoms with E-state index >= 15 is 0 Å². The zero-order valence-electron chi connectivity index (χ0n) is 17.1. The maximum absolute atomic E-state index is 13.3. The molecule has 0 spiro atoms. The lowest BCUT2D eigenvalue weighted by Gasteiger charge is -2.46. The minimum atomic E-state index is -3.69. The number of amides is 2. The second-order valence-corrected chi connectivity index (χ2v) is 9.61. The number of nitrogens with one attached hydrogen (secondary N) is 1. The Morgan fingerprint density at radius 3 is 2.40 bits per heavy atom. The summed E-state index contributed by atoms with van der Waals surface area (Å²) in [7, 11) is -3.69. The zero-order chi connectivity index (χ0) is 22.1. The van der Waals surface area contributed by atoms with Crippen LogP contribution in [0, 0.1) is 12.7 Å². The van der Waals surface area contributed by atoms with E-state index in [1.165, 1.54) is 17.0 Å². The lowest BCUT2D eigenvalue weighted by molar-refractivity contribution is -0.133. The van der Waals surface area contributed by atoms with Crippen molar-refractivity contribution < 1.29 is 22.4 Å². The molecule has 2 aromatic rings. The number of carbonyl (C=O) groups excluding carboxylic acids is 2. The lowest BCUT2D eigenvalue weighted by atomic mass is 9.93. The van der Waals surface area contributed by atoms with Crippen molar-refractivity contribution in [2.45, 2.75) is 25.9 Å². The molecule has 0 aliphatic carbocycles. The number of piperazine rings is 1. The molecule has 1 fully saturated rings. The Morgan fingerprint density at radius 1 is 1.17 bits per heavy atom. The number of carbonyl (C=O) groups is 2. The summed E-state index contributed by atoms with van der Waals surface area (Å²) in [4.78, 5) is 27.7. The standard InChI is InChI=1S/C21H24FN3O4S/c1-15-6-4-5-7-18(15)25-19(26)13-24(30(3,28)29)14-21(25,2)20(27)23-12-16-8-10-17(22)11-9-16/h4-11H,12-14H2,1-3H3,(H,23,27)/t21-/m0/s1. The molecule has 0 bridgehead atoms. The largest absolute Gasteiger partial charge is 0.350 e. The summed E-state index contributed by atoms with van der Waals surface area (Å²) in [5.74, 6) is -1.37. The van der Waals surface area contributed by atoms with Crippen LogP contribution in [0.5, 0.6) is 0 Å². The van der Waals surface area contributed by atoms with Crippen molar-refractivity contribution in [3.63, 3.8) is 0 Å². The van der Waals surface area contributed by atoms with E-state index in [1.807, 2.05) is 19.1 Å². The molecule has 1 atom stereocenters. The van der Waals surface area contributed by atoms with Crippen molar-refractivity contribution in [2.24, 2.45) is 0 Å². The Labute approximate surface area is 175 Å². The van der Waals surface area contributed by atoms with E-state index in [4.69, 9.17) is 0 Å². The SMILES string of the molecule is Cc1ccccc1N1C(=O)CN(S(C)(=O)=O)C[C@@]1(C)C(=O)NCc1ccc(F)cc1. The highest BCUT2D eigenvalue weighted by Crippen LogP contribution is 2.32. The highest BCUT2D eigenvalue weighted by Gasteiger charge is 2.50. The smallest absolute Gasteiger partial charge is 0.247 e. The Kier molecular flexibility index (Phi) is 5.96. The maximum Gasteiger partial charge on any atom is 0.247 e. The fourth-order valence-electron chi connectivity index (χ4n) is 3.56. The molecule has 0 radical (unpaired) electrons. The van der Waals surface area contributed by atoms with E-state index in [0.29, 0.717) is 11.3 Å². The molecule has 1 aliphatic rings. The van der Waals surface area contributed by atoms with Crippen molar-refractivity contribution >= 4 is 27.5 Å². The predicted molar refractivity (Wildman–Crippen MR) is 112 cm³/mol. The number of sulfonamides is 1. The topological polar surface area (TPSA) is 86.8 Å². The fourth-order valence-corrected chi connectivity index (χ4v) is 4.40. The molecule has 1 N–H and O–H groups in total. The quantitative estimate of drug-likeness (QED) is 0.779. The van der Waals surface area contributed by atoms with Crippen molar-refractivity contribution in [1.29, 1.82) is 0 Å². The molecule has 9 heteroatoms. The van der Waals surface area contributed by atoms with Crippen molar-refractivity contribution in [1.82, 2.24) is 9.62 Å². The van der Waals surface area contributed by atoms with Gasteiger partial charge >= 0.3 is 0 Å². The number of aryl methyl sites for hydroxylation is 1. The van der Waals surface area contributed by atoms with Crippen LogP contribution in [0.15, 0.2) is 48.5 Å². The molecular weight excluding hydrogens is 409 g/mol. The van der Waals surface area contributed by atoms with Crippen molar-refractivity contribution in [3.05, 3.63) is 65.5 Å². The zero-order valence-corrected chi connectivity index (χ0v) is 17.9. The van der Waals surface area contributed by atoms with Crippen LogP contribution in [0.2, 0.25) is 0 Å². The van der Waals surface area contributed by atoms with E-state index in [2.05, 4.69) is 5.32 Å². The third kappa shape index (κ3) is 4.36. The summed E-state index contributed by atoms with van der Waals surface area (Å²) in [6.45, 7) is 2.97. The lowest BCUT2D eigenvalue weighted by Crippen LogP contribution is -2.70. The second-order valence-electron chi connectivity index (χ2n) is 7.63. The van der Waals surface area contributed by atoms with Crippen LogP contribution in [0.4, 0.5) is 10.1 Å². The Hall–Kier alpha value is -2.78. The van der Waals surface area contributed by atoms with Gasteiger partial charge in [-0.15, -0.1) is 0 Å². The number of para-hydroxylation sites is 1. The van der Waals surface area contributed by atoms with Crippen LogP contribution in [0.1, 0.15) is 18.1 Å². The molecule has 1 saturated heterocycles. The molecule has 0 saturated carbocycles. The van der Waals surface area contributed by atoms with E-state index in [0.717, 1.165) is 16.1 Å². The van der Waals surface area contributed by atoms with Gasteiger partial charge in [-0.3, -0.25) is 14.5 Å². The summed E-state index contributed by atoms with van der Waals surface area (Å²) in [5.41, 5.74) is 0.550. The Morgan fingerprint density at radius 2 is 1.80 bits per heavy atom. The van der Waals surface area contributed by atoms with Gasteiger partial charge in [-0.1, -0.05) is 30.3 Å². The first-order valence-electron chi connectivity index (χ1n) is 9.39. The first-order valence-corrected chi connectivity index (χ1v) is 11.2. The second kappa shape index (κ2) is 8.16. The highest BCUT2D eigenvalue weighted by molar-refractivity contribution is 7.88. The number of halogens is 1. The molecule has 3 rings (SSSR count). The van der Waals surface area contributed by atoms with E-state index in [1.54, 1.807) is 31.2 Å². The molecule has 1 aliphatic heterocycles. The van der Waals surface area contributed by atoms with Crippen LogP contribution in [0.25, 0.3) is 0 Å². The number of nitrogens with zero attached hydrogens (tertiary/aromatic N) is 2. The average molecular weight is 434 g/mol. The van der Waals surface area contributed by atoms with Gasteiger partial charge in [0.25, 0.3) is 0 Å². The number of benzene rings is 2. The van der Waals surface area contributed by atoms with Crippen LogP contribution in [-0.4, -0.2) is 49.4 Å². The van der Waals surface area contributed by atoms with Crippen molar-refractivity contribution in [2.75, 3.05) is 24.2 Å². The Bertz CT molecular complexity index is 1070. The number of anilines is 1. The van der Waals surface area contributed by atoms with Crippen molar-refractivity contribution in [3.8, 4) is 0 Å². The molecule has 30 heavy (non-hydrogen) atoms. The van der Waals surface area contributed by atoms with Gasteiger partial charge in [0.15, 0.2) is 0 Å². The minimum Gasteiger partial charge on any atom is -0.350 e. The summed E-state index contributed by atoms with van der Waals surface area (Å²) < 4.78 is 38.4. The molecule has 2 aromatic carbocycles. The van der Waals surface area contributed by atoms with E-state index in [9.17, 15) is 22.4 Å². The average Bonchev–Trinajstić information content (AvgIpc) is 2.67. The summed E-state index contributed by atoms with van der Waals surface area (Å²) in [6, 6.07) is 12.8. The van der Waals surface area contributed by atoms with E-state index in [-0.39, 0.29) is 25.5 Å². The van der Waals surface area contributed by atoms with Gasteiger partial charge in [-0.25, -0.2) is 12.8 Å². The van der Waals surface area contributed by atoms with Gasteiger partial charge in [-0.05, 0) is 43.2 Å². The molecule has 7 nitrogen and oxygen atoms in total. The highest BCUT2D eigenvalue weighted by atomic mass is 32.2. The molecule has 0 aromatic heterocycles. The first-order chi connectivity index (χ1) is 14.0. The third-order valence-electron chi connectivity index (χ3n) is 5.22. The fraction of sp³-hybridized carbons (Fsp3) is 0.333. The first kappa shape index (κ1) is 21.9. The molecular formula is C21H24FN3O4S. The summed E-state index contributed by atoms with van der Waals surface area (Å²) in [6.07, 6.45) is 1.01. The van der Waals surface area contributed by atoms with Crippen LogP contribution in [0.3, 0.4) is 0 Å². The predicted octanol–water partition coefficient (Wildman–Crippen LogP) is 1.82. The van der Waals surface area contributed by atoms with E-state index < -0.39 is 27.4 Å². The monoisotopic (exact) mass is 433 g/mol. The summed E-state index contributed by atoms with van der Waals surface area (Å²) >= 11 is 0. The van der Waals surface area contributed by atoms with Crippen LogP contribution in [-0.2, 0) is 26.2 Å². The van der Waals surface area contributed by atoms with Gasteiger partial charge in [0.1, 0.15) is 11.4 Å². The molecule has 0 unspecified atom stereocenters. The number of rotatable bonds is 5. The Balaban J connectivity index is 1.96. The van der Waals surface area contributed by atoms with Crippen LogP contribution < -0.4 is 10.2 Å². The third-order valence-corrected chi connectivity index (χ3v) is 6.42. The maximum atomic E-state index is 13.3. The molecule has 1 heterocycles. The van der Waals surface area contributed by atoms with Gasteiger partial charge in [0.05, 0.1) is 12.8 Å². The number of hydrogen-bond acceptors (Lipinski definition) is 4. The normalized spacial score (nSPS) is 20.3. The van der Waals surface area contributed by atoms with Gasteiger partial charge in [-0.2, -0.15) is 4.31 Å². The molecule has 2 amide bonds. The van der Waals surface area contributed by atoms with Gasteiger partial charge in [0.2, 0.25) is 21.8 Å². The molecule has 160 valence electrons. The number of hydrogen-bond donors (Lipinski definition) is 1. The summed E-state index contributed by atoms with van der Waals surface area (Å²) in [5, 5.41) is 2.76. The minimum absolute atomic E-state index is 0.114. The van der Waals surface area contributed by atoms with Gasteiger partial charge in [0, 0.05) is 18.8 Å².